The number of rotatable bonds is 4. The first kappa shape index (κ1) is 23.3. The molecular weight excluding hydrogens is 428 g/mol. The van der Waals surface area contributed by atoms with E-state index in [9.17, 15) is 9.59 Å². The summed E-state index contributed by atoms with van der Waals surface area (Å²) >= 11 is 0. The van der Waals surface area contributed by atoms with Gasteiger partial charge in [-0.25, -0.2) is 4.99 Å². The van der Waals surface area contributed by atoms with E-state index >= 15 is 0 Å². The molecule has 2 aromatic heterocycles. The van der Waals surface area contributed by atoms with Gasteiger partial charge in [-0.15, -0.1) is 0 Å². The first-order valence-electron chi connectivity index (χ1n) is 13.1. The second-order valence-electron chi connectivity index (χ2n) is 10.7. The summed E-state index contributed by atoms with van der Waals surface area (Å²) in [5, 5.41) is 0. The predicted molar refractivity (Wildman–Crippen MR) is 133 cm³/mol. The molecule has 5 rings (SSSR count). The third kappa shape index (κ3) is 4.23. The van der Waals surface area contributed by atoms with Crippen molar-refractivity contribution in [1.29, 1.82) is 0 Å². The molecule has 7 nitrogen and oxygen atoms in total. The van der Waals surface area contributed by atoms with Crippen LogP contribution >= 0.6 is 0 Å². The predicted octanol–water partition coefficient (Wildman–Crippen LogP) is 4.95. The van der Waals surface area contributed by atoms with Crippen LogP contribution in [0.3, 0.4) is 0 Å². The lowest BCUT2D eigenvalue weighted by molar-refractivity contribution is -0.129. The molecule has 4 heterocycles. The SMILES string of the molecule is Cc1cc2c(cc3n2CC(C)(C(=O)N=C2CCCCCC2)N(CCN2CCCCC2C)C3=O)o1. The smallest absolute Gasteiger partial charge is 0.273 e. The number of hydrogen-bond donors (Lipinski definition) is 0. The van der Waals surface area contributed by atoms with Gasteiger partial charge >= 0.3 is 0 Å². The molecule has 2 amide bonds. The first-order valence-corrected chi connectivity index (χ1v) is 13.1. The lowest BCUT2D eigenvalue weighted by Crippen LogP contribution is -2.62. The van der Waals surface area contributed by atoms with Gasteiger partial charge in [0.15, 0.2) is 5.58 Å². The van der Waals surface area contributed by atoms with Crippen LogP contribution in [0.15, 0.2) is 21.5 Å². The van der Waals surface area contributed by atoms with E-state index in [1.165, 1.54) is 32.1 Å². The highest BCUT2D eigenvalue weighted by Crippen LogP contribution is 2.34. The van der Waals surface area contributed by atoms with Gasteiger partial charge in [0.25, 0.3) is 11.8 Å². The molecule has 184 valence electrons. The summed E-state index contributed by atoms with van der Waals surface area (Å²) < 4.78 is 7.80. The lowest BCUT2D eigenvalue weighted by atomic mass is 9.94. The van der Waals surface area contributed by atoms with Gasteiger partial charge < -0.3 is 13.9 Å². The van der Waals surface area contributed by atoms with Gasteiger partial charge in [-0.3, -0.25) is 14.5 Å². The van der Waals surface area contributed by atoms with Gasteiger partial charge in [-0.05, 0) is 65.8 Å². The molecule has 1 saturated heterocycles. The second-order valence-corrected chi connectivity index (χ2v) is 10.7. The van der Waals surface area contributed by atoms with Crippen LogP contribution < -0.4 is 0 Å². The second kappa shape index (κ2) is 9.33. The van der Waals surface area contributed by atoms with E-state index in [-0.39, 0.29) is 11.8 Å². The van der Waals surface area contributed by atoms with Crippen LogP contribution in [0.1, 0.15) is 87.9 Å². The third-order valence-corrected chi connectivity index (χ3v) is 8.19. The minimum absolute atomic E-state index is 0.100. The largest absolute Gasteiger partial charge is 0.460 e. The maximum Gasteiger partial charge on any atom is 0.273 e. The number of fused-ring (bicyclic) bond motifs is 3. The molecule has 2 aliphatic heterocycles. The number of carbonyl (C=O) groups is 2. The number of furan rings is 1. The molecule has 1 saturated carbocycles. The van der Waals surface area contributed by atoms with Crippen molar-refractivity contribution >= 4 is 28.6 Å². The fourth-order valence-electron chi connectivity index (χ4n) is 6.03. The van der Waals surface area contributed by atoms with Crippen LogP contribution in [-0.4, -0.2) is 63.1 Å². The number of nitrogens with zero attached hydrogens (tertiary/aromatic N) is 4. The van der Waals surface area contributed by atoms with Gasteiger partial charge in [0.1, 0.15) is 17.0 Å². The first-order chi connectivity index (χ1) is 16.4. The van der Waals surface area contributed by atoms with Gasteiger partial charge in [0, 0.05) is 37.0 Å². The van der Waals surface area contributed by atoms with Crippen molar-refractivity contribution in [3.8, 4) is 0 Å². The molecule has 0 radical (unpaired) electrons. The Morgan fingerprint density at radius 1 is 1.12 bits per heavy atom. The summed E-state index contributed by atoms with van der Waals surface area (Å²) in [6.45, 7) is 8.85. The molecule has 2 atom stereocenters. The van der Waals surface area contributed by atoms with Gasteiger partial charge in [-0.1, -0.05) is 19.3 Å². The van der Waals surface area contributed by atoms with E-state index in [1.54, 1.807) is 4.90 Å². The van der Waals surface area contributed by atoms with Crippen molar-refractivity contribution in [3.05, 3.63) is 23.6 Å². The van der Waals surface area contributed by atoms with E-state index in [1.807, 2.05) is 30.5 Å². The molecular formula is C27H38N4O3. The Morgan fingerprint density at radius 3 is 2.62 bits per heavy atom. The van der Waals surface area contributed by atoms with Crippen molar-refractivity contribution in [3.63, 3.8) is 0 Å². The number of carbonyl (C=O) groups excluding carboxylic acids is 2. The van der Waals surface area contributed by atoms with E-state index in [2.05, 4.69) is 16.8 Å². The Morgan fingerprint density at radius 2 is 1.88 bits per heavy atom. The Labute approximate surface area is 202 Å². The average molecular weight is 467 g/mol. The van der Waals surface area contributed by atoms with Crippen molar-refractivity contribution in [1.82, 2.24) is 14.4 Å². The highest BCUT2D eigenvalue weighted by atomic mass is 16.3. The standard InChI is InChI=1S/C27H38N4O3/c1-19-10-8-9-13-29(19)14-15-31-25(32)23-17-24-22(16-20(2)34-24)30(23)18-27(31,3)26(33)28-21-11-6-4-5-7-12-21/h16-17,19H,4-15,18H2,1-3H3. The summed E-state index contributed by atoms with van der Waals surface area (Å²) in [5.74, 6) is 0.523. The van der Waals surface area contributed by atoms with E-state index in [0.717, 1.165) is 55.8 Å². The Kier molecular flexibility index (Phi) is 6.40. The average Bonchev–Trinajstić information content (AvgIpc) is 3.20. The zero-order valence-corrected chi connectivity index (χ0v) is 20.9. The Bertz CT molecular complexity index is 1100. The number of aromatic nitrogens is 1. The quantitative estimate of drug-likeness (QED) is 0.598. The zero-order chi connectivity index (χ0) is 23.9. The monoisotopic (exact) mass is 466 g/mol. The summed E-state index contributed by atoms with van der Waals surface area (Å²) in [6, 6.07) is 4.30. The molecule has 3 aliphatic rings. The number of hydrogen-bond acceptors (Lipinski definition) is 4. The number of aliphatic imine (C=N–C) groups is 1. The normalized spacial score (nSPS) is 26.6. The van der Waals surface area contributed by atoms with Crippen molar-refractivity contribution < 1.29 is 14.0 Å². The molecule has 2 fully saturated rings. The molecule has 0 bridgehead atoms. The maximum absolute atomic E-state index is 13.8. The molecule has 1 aliphatic carbocycles. The molecule has 0 spiro atoms. The fourth-order valence-corrected chi connectivity index (χ4v) is 6.03. The van der Waals surface area contributed by atoms with Gasteiger partial charge in [-0.2, -0.15) is 0 Å². The van der Waals surface area contributed by atoms with Crippen molar-refractivity contribution in [2.75, 3.05) is 19.6 Å². The van der Waals surface area contributed by atoms with Crippen molar-refractivity contribution in [2.24, 2.45) is 4.99 Å². The van der Waals surface area contributed by atoms with Gasteiger partial charge in [0.05, 0.1) is 12.1 Å². The van der Waals surface area contributed by atoms with Crippen LogP contribution in [0, 0.1) is 6.92 Å². The van der Waals surface area contributed by atoms with Crippen molar-refractivity contribution in [2.45, 2.75) is 96.7 Å². The molecule has 2 unspecified atom stereocenters. The van der Waals surface area contributed by atoms with E-state index in [4.69, 9.17) is 4.42 Å². The number of amides is 2. The number of piperidine rings is 1. The lowest BCUT2D eigenvalue weighted by Gasteiger charge is -2.44. The van der Waals surface area contributed by atoms with E-state index < -0.39 is 5.54 Å². The number of likely N-dealkylation sites (tertiary alicyclic amines) is 1. The van der Waals surface area contributed by atoms with Crippen LogP contribution in [0.4, 0.5) is 0 Å². The van der Waals surface area contributed by atoms with Crippen LogP contribution in [0.2, 0.25) is 0 Å². The molecule has 2 aromatic rings. The summed E-state index contributed by atoms with van der Waals surface area (Å²) in [6.07, 6.45) is 10.0. The molecule has 0 aromatic carbocycles. The summed E-state index contributed by atoms with van der Waals surface area (Å²) in [7, 11) is 0. The third-order valence-electron chi connectivity index (χ3n) is 8.19. The van der Waals surface area contributed by atoms with Gasteiger partial charge in [0.2, 0.25) is 0 Å². The summed E-state index contributed by atoms with van der Waals surface area (Å²) in [5.41, 5.74) is 2.18. The summed E-state index contributed by atoms with van der Waals surface area (Å²) in [4.78, 5) is 36.6. The molecule has 34 heavy (non-hydrogen) atoms. The Hall–Kier alpha value is -2.41. The van der Waals surface area contributed by atoms with Crippen LogP contribution in [0.25, 0.3) is 11.1 Å². The minimum atomic E-state index is -1.01. The van der Waals surface area contributed by atoms with Crippen LogP contribution in [0.5, 0.6) is 0 Å². The fraction of sp³-hybridized carbons (Fsp3) is 0.667. The topological polar surface area (TPSA) is 71.1 Å². The zero-order valence-electron chi connectivity index (χ0n) is 20.9. The molecule has 7 heteroatoms. The minimum Gasteiger partial charge on any atom is -0.460 e. The number of aryl methyl sites for hydroxylation is 1. The maximum atomic E-state index is 13.8. The van der Waals surface area contributed by atoms with Crippen LogP contribution in [-0.2, 0) is 11.3 Å². The highest BCUT2D eigenvalue weighted by molar-refractivity contribution is 6.05. The Balaban J connectivity index is 1.48. The van der Waals surface area contributed by atoms with E-state index in [0.29, 0.717) is 30.4 Å². The highest BCUT2D eigenvalue weighted by Gasteiger charge is 2.48. The molecule has 0 N–H and O–H groups in total.